The number of aryl methyl sites for hydroxylation is 1. The highest BCUT2D eigenvalue weighted by Gasteiger charge is 2.10. The largest absolute Gasteiger partial charge is 0.497 e. The van der Waals surface area contributed by atoms with E-state index in [9.17, 15) is 4.79 Å². The molecule has 0 saturated heterocycles. The minimum Gasteiger partial charge on any atom is -0.497 e. The van der Waals surface area contributed by atoms with Crippen molar-refractivity contribution in [1.82, 2.24) is 4.57 Å². The number of carbonyl (C=O) groups is 1. The molecule has 0 aliphatic heterocycles. The summed E-state index contributed by atoms with van der Waals surface area (Å²) in [5, 5.41) is 10.2. The smallest absolute Gasteiger partial charge is 0.335 e. The quantitative estimate of drug-likeness (QED) is 0.798. The summed E-state index contributed by atoms with van der Waals surface area (Å²) in [6.45, 7) is 2.73. The Labute approximate surface area is 128 Å². The number of carboxylic acid groups (broad SMARTS) is 1. The van der Waals surface area contributed by atoms with E-state index in [2.05, 4.69) is 10.8 Å². The van der Waals surface area contributed by atoms with Crippen molar-refractivity contribution in [3.8, 4) is 5.75 Å². The lowest BCUT2D eigenvalue weighted by Crippen LogP contribution is -2.00. The van der Waals surface area contributed by atoms with Crippen LogP contribution in [0.3, 0.4) is 0 Å². The Morgan fingerprint density at radius 3 is 2.55 bits per heavy atom. The van der Waals surface area contributed by atoms with Gasteiger partial charge in [0.05, 0.1) is 12.7 Å². The molecule has 0 bridgehead atoms. The monoisotopic (exact) mass is 295 g/mol. The van der Waals surface area contributed by atoms with Gasteiger partial charge in [0.2, 0.25) is 0 Å². The van der Waals surface area contributed by atoms with Gasteiger partial charge in [-0.25, -0.2) is 4.79 Å². The van der Waals surface area contributed by atoms with Crippen LogP contribution in [0.25, 0.3) is 10.9 Å². The van der Waals surface area contributed by atoms with E-state index in [-0.39, 0.29) is 0 Å². The molecule has 0 aliphatic rings. The van der Waals surface area contributed by atoms with Crippen LogP contribution < -0.4 is 4.74 Å². The van der Waals surface area contributed by atoms with Crippen LogP contribution in [0.15, 0.2) is 48.7 Å². The number of hydrogen-bond acceptors (Lipinski definition) is 2. The molecule has 4 heteroatoms. The maximum Gasteiger partial charge on any atom is 0.335 e. The normalized spacial score (nSPS) is 10.8. The molecule has 0 aliphatic carbocycles. The minimum atomic E-state index is -0.906. The fraction of sp³-hybridized carbons (Fsp3) is 0.167. The number of benzene rings is 2. The first-order valence-electron chi connectivity index (χ1n) is 7.04. The summed E-state index contributed by atoms with van der Waals surface area (Å²) >= 11 is 0. The van der Waals surface area contributed by atoms with Crippen LogP contribution in [0.5, 0.6) is 5.75 Å². The maximum absolute atomic E-state index is 11.2. The molecule has 1 N–H and O–H groups in total. The zero-order valence-corrected chi connectivity index (χ0v) is 12.5. The molecule has 1 aromatic heterocycles. The fourth-order valence-corrected chi connectivity index (χ4v) is 2.67. The molecule has 3 rings (SSSR count). The molecule has 22 heavy (non-hydrogen) atoms. The van der Waals surface area contributed by atoms with E-state index in [0.717, 1.165) is 27.8 Å². The second-order valence-corrected chi connectivity index (χ2v) is 5.33. The Hall–Kier alpha value is -2.75. The Morgan fingerprint density at radius 1 is 1.18 bits per heavy atom. The zero-order chi connectivity index (χ0) is 15.7. The molecule has 112 valence electrons. The van der Waals surface area contributed by atoms with Crippen LogP contribution in [0, 0.1) is 6.92 Å². The second kappa shape index (κ2) is 5.56. The fourth-order valence-electron chi connectivity index (χ4n) is 2.67. The predicted octanol–water partition coefficient (Wildman–Crippen LogP) is 3.70. The number of ether oxygens (including phenoxy) is 1. The number of carboxylic acids is 1. The second-order valence-electron chi connectivity index (χ2n) is 5.33. The lowest BCUT2D eigenvalue weighted by Gasteiger charge is -2.07. The van der Waals surface area contributed by atoms with Gasteiger partial charge >= 0.3 is 5.97 Å². The standard InChI is InChI=1S/C18H17NO3/c1-12-10-19(11-13-3-6-15(22-2)7-4-13)17-9-14(18(20)21)5-8-16(12)17/h3-10H,11H2,1-2H3,(H,20,21). The molecule has 0 unspecified atom stereocenters. The van der Waals surface area contributed by atoms with Crippen LogP contribution in [0.2, 0.25) is 0 Å². The van der Waals surface area contributed by atoms with E-state index in [0.29, 0.717) is 12.1 Å². The van der Waals surface area contributed by atoms with Gasteiger partial charge in [-0.2, -0.15) is 0 Å². The van der Waals surface area contributed by atoms with E-state index >= 15 is 0 Å². The van der Waals surface area contributed by atoms with E-state index in [1.807, 2.05) is 37.3 Å². The average molecular weight is 295 g/mol. The molecule has 2 aromatic carbocycles. The third-order valence-electron chi connectivity index (χ3n) is 3.84. The van der Waals surface area contributed by atoms with Crippen molar-refractivity contribution in [2.75, 3.05) is 7.11 Å². The lowest BCUT2D eigenvalue weighted by molar-refractivity contribution is 0.0697. The summed E-state index contributed by atoms with van der Waals surface area (Å²) in [6.07, 6.45) is 2.06. The van der Waals surface area contributed by atoms with E-state index in [1.165, 1.54) is 0 Å². The summed E-state index contributed by atoms with van der Waals surface area (Å²) in [5.41, 5.74) is 3.52. The molecular weight excluding hydrogens is 278 g/mol. The molecule has 4 nitrogen and oxygen atoms in total. The van der Waals surface area contributed by atoms with Crippen molar-refractivity contribution >= 4 is 16.9 Å². The summed E-state index contributed by atoms with van der Waals surface area (Å²) in [6, 6.07) is 13.1. The molecular formula is C18H17NO3. The predicted molar refractivity (Wildman–Crippen MR) is 85.7 cm³/mol. The van der Waals surface area contributed by atoms with Crippen molar-refractivity contribution in [2.45, 2.75) is 13.5 Å². The summed E-state index contributed by atoms with van der Waals surface area (Å²) in [4.78, 5) is 11.2. The molecule has 0 amide bonds. The van der Waals surface area contributed by atoms with Gasteiger partial charge < -0.3 is 14.4 Å². The van der Waals surface area contributed by atoms with Crippen LogP contribution in [0.4, 0.5) is 0 Å². The number of methoxy groups -OCH3 is 1. The molecule has 0 fully saturated rings. The Balaban J connectivity index is 2.01. The minimum absolute atomic E-state index is 0.307. The van der Waals surface area contributed by atoms with E-state index < -0.39 is 5.97 Å². The SMILES string of the molecule is COc1ccc(Cn2cc(C)c3ccc(C(=O)O)cc32)cc1. The molecule has 0 atom stereocenters. The molecule has 1 heterocycles. The number of rotatable bonds is 4. The number of aromatic carboxylic acids is 1. The van der Waals surface area contributed by atoms with Crippen LogP contribution in [-0.4, -0.2) is 22.8 Å². The molecule has 0 spiro atoms. The van der Waals surface area contributed by atoms with Gasteiger partial charge in [0.15, 0.2) is 0 Å². The van der Waals surface area contributed by atoms with Gasteiger partial charge in [0.25, 0.3) is 0 Å². The van der Waals surface area contributed by atoms with Gasteiger partial charge in [-0.1, -0.05) is 18.2 Å². The van der Waals surface area contributed by atoms with Gasteiger partial charge in [0.1, 0.15) is 5.75 Å². The third-order valence-corrected chi connectivity index (χ3v) is 3.84. The average Bonchev–Trinajstić information content (AvgIpc) is 2.84. The number of hydrogen-bond donors (Lipinski definition) is 1. The first-order chi connectivity index (χ1) is 10.6. The number of aromatic nitrogens is 1. The van der Waals surface area contributed by atoms with Gasteiger partial charge in [-0.05, 0) is 42.3 Å². The van der Waals surface area contributed by atoms with Crippen LogP contribution in [-0.2, 0) is 6.54 Å². The van der Waals surface area contributed by atoms with Crippen molar-refractivity contribution in [2.24, 2.45) is 0 Å². The van der Waals surface area contributed by atoms with Gasteiger partial charge in [-0.15, -0.1) is 0 Å². The highest BCUT2D eigenvalue weighted by Crippen LogP contribution is 2.24. The first-order valence-corrected chi connectivity index (χ1v) is 7.04. The van der Waals surface area contributed by atoms with Gasteiger partial charge in [-0.3, -0.25) is 0 Å². The van der Waals surface area contributed by atoms with Crippen LogP contribution >= 0.6 is 0 Å². The highest BCUT2D eigenvalue weighted by molar-refractivity contribution is 5.94. The highest BCUT2D eigenvalue weighted by atomic mass is 16.5. The summed E-state index contributed by atoms with van der Waals surface area (Å²) < 4.78 is 7.25. The first kappa shape index (κ1) is 14.2. The topological polar surface area (TPSA) is 51.5 Å². The maximum atomic E-state index is 11.2. The van der Waals surface area contributed by atoms with E-state index in [4.69, 9.17) is 9.84 Å². The van der Waals surface area contributed by atoms with Crippen molar-refractivity contribution in [1.29, 1.82) is 0 Å². The molecule has 0 radical (unpaired) electrons. The Morgan fingerprint density at radius 2 is 1.91 bits per heavy atom. The lowest BCUT2D eigenvalue weighted by atomic mass is 10.1. The summed E-state index contributed by atoms with van der Waals surface area (Å²) in [5.74, 6) is -0.0813. The molecule has 0 saturated carbocycles. The van der Waals surface area contributed by atoms with Crippen LogP contribution in [0.1, 0.15) is 21.5 Å². The number of nitrogens with zero attached hydrogens (tertiary/aromatic N) is 1. The Kier molecular flexibility index (Phi) is 3.59. The zero-order valence-electron chi connectivity index (χ0n) is 12.5. The van der Waals surface area contributed by atoms with Crippen molar-refractivity contribution < 1.29 is 14.6 Å². The third kappa shape index (κ3) is 2.55. The Bertz CT molecular complexity index is 831. The summed E-state index contributed by atoms with van der Waals surface area (Å²) in [7, 11) is 1.64. The van der Waals surface area contributed by atoms with Crippen molar-refractivity contribution in [3.05, 3.63) is 65.4 Å². The van der Waals surface area contributed by atoms with Gasteiger partial charge in [0, 0.05) is 23.6 Å². The van der Waals surface area contributed by atoms with E-state index in [1.54, 1.807) is 19.2 Å². The number of fused-ring (bicyclic) bond motifs is 1. The molecule has 3 aromatic rings. The van der Waals surface area contributed by atoms with Crippen molar-refractivity contribution in [3.63, 3.8) is 0 Å².